The maximum Gasteiger partial charge on any atom is 0.214 e. The van der Waals surface area contributed by atoms with E-state index in [0.29, 0.717) is 37.7 Å². The predicted octanol–water partition coefficient (Wildman–Crippen LogP) is 1.27. The molecule has 1 N–H and O–H groups in total. The van der Waals surface area contributed by atoms with Crippen molar-refractivity contribution in [1.82, 2.24) is 14.1 Å². The van der Waals surface area contributed by atoms with Gasteiger partial charge in [0.25, 0.3) is 0 Å². The topological polar surface area (TPSA) is 75.4 Å². The Morgan fingerprint density at radius 1 is 1.43 bits per heavy atom. The van der Waals surface area contributed by atoms with E-state index in [9.17, 15) is 13.5 Å². The van der Waals surface area contributed by atoms with Crippen LogP contribution >= 0.6 is 0 Å². The van der Waals surface area contributed by atoms with E-state index in [1.807, 2.05) is 17.7 Å². The second-order valence-corrected chi connectivity index (χ2v) is 8.16. The number of rotatable bonds is 5. The average Bonchev–Trinajstić information content (AvgIpc) is 3.22. The van der Waals surface area contributed by atoms with Crippen molar-refractivity contribution in [3.63, 3.8) is 0 Å². The Bertz CT molecular complexity index is 607. The Labute approximate surface area is 125 Å². The van der Waals surface area contributed by atoms with Crippen molar-refractivity contribution in [2.75, 3.05) is 12.3 Å². The first-order valence-corrected chi connectivity index (χ1v) is 9.34. The van der Waals surface area contributed by atoms with Gasteiger partial charge in [-0.1, -0.05) is 6.92 Å². The van der Waals surface area contributed by atoms with Crippen molar-refractivity contribution in [2.24, 2.45) is 5.92 Å². The molecule has 1 aromatic rings. The summed E-state index contributed by atoms with van der Waals surface area (Å²) in [5.74, 6) is 0.530. The third-order valence-corrected chi connectivity index (χ3v) is 6.25. The molecule has 21 heavy (non-hydrogen) atoms. The maximum atomic E-state index is 12.3. The van der Waals surface area contributed by atoms with Crippen LogP contribution in [-0.4, -0.2) is 39.9 Å². The van der Waals surface area contributed by atoms with Crippen molar-refractivity contribution in [3.05, 3.63) is 17.5 Å². The van der Waals surface area contributed by atoms with E-state index < -0.39 is 16.1 Å². The first-order chi connectivity index (χ1) is 10.0. The largest absolute Gasteiger partial charge is 0.386 e. The van der Waals surface area contributed by atoms with E-state index in [0.717, 1.165) is 25.0 Å². The molecule has 1 saturated carbocycles. The van der Waals surface area contributed by atoms with Gasteiger partial charge in [-0.15, -0.1) is 0 Å². The van der Waals surface area contributed by atoms with Crippen LogP contribution in [0.2, 0.25) is 0 Å². The minimum atomic E-state index is -3.18. The zero-order valence-corrected chi connectivity index (χ0v) is 13.2. The fourth-order valence-electron chi connectivity index (χ4n) is 2.88. The Morgan fingerprint density at radius 3 is 2.86 bits per heavy atom. The molecule has 0 bridgehead atoms. The summed E-state index contributed by atoms with van der Waals surface area (Å²) in [6.45, 7) is 3.51. The number of nitrogens with zero attached hydrogens (tertiary/aromatic N) is 3. The van der Waals surface area contributed by atoms with Crippen molar-refractivity contribution in [2.45, 2.75) is 51.8 Å². The molecule has 6 nitrogen and oxygen atoms in total. The predicted molar refractivity (Wildman–Crippen MR) is 79.0 cm³/mol. The molecular formula is C14H23N3O3S. The van der Waals surface area contributed by atoms with E-state index in [2.05, 4.69) is 5.10 Å². The third kappa shape index (κ3) is 3.14. The first kappa shape index (κ1) is 15.0. The molecule has 0 radical (unpaired) electrons. The van der Waals surface area contributed by atoms with E-state index in [4.69, 9.17) is 0 Å². The molecule has 1 unspecified atom stereocenters. The van der Waals surface area contributed by atoms with E-state index in [-0.39, 0.29) is 5.75 Å². The smallest absolute Gasteiger partial charge is 0.214 e. The minimum Gasteiger partial charge on any atom is -0.386 e. The highest BCUT2D eigenvalue weighted by Crippen LogP contribution is 2.40. The first-order valence-electron chi connectivity index (χ1n) is 7.74. The van der Waals surface area contributed by atoms with Crippen LogP contribution in [0.15, 0.2) is 6.07 Å². The van der Waals surface area contributed by atoms with Gasteiger partial charge in [-0.05, 0) is 37.7 Å². The van der Waals surface area contributed by atoms with Crippen LogP contribution in [0, 0.1) is 5.92 Å². The molecule has 2 heterocycles. The second-order valence-electron chi connectivity index (χ2n) is 6.07. The zero-order valence-electron chi connectivity index (χ0n) is 12.4. The number of hydrogen-bond acceptors (Lipinski definition) is 4. The average molecular weight is 313 g/mol. The number of aliphatic hydroxyl groups is 1. The molecule has 1 aliphatic carbocycles. The minimum absolute atomic E-state index is 0.193. The highest BCUT2D eigenvalue weighted by molar-refractivity contribution is 7.89. The molecule has 1 atom stereocenters. The van der Waals surface area contributed by atoms with Crippen molar-refractivity contribution in [3.8, 4) is 0 Å². The summed E-state index contributed by atoms with van der Waals surface area (Å²) in [7, 11) is -3.18. The maximum absolute atomic E-state index is 12.3. The van der Waals surface area contributed by atoms with Gasteiger partial charge in [0.05, 0.1) is 23.7 Å². The number of aliphatic hydroxyl groups excluding tert-OH is 1. The second kappa shape index (κ2) is 5.70. The molecule has 0 saturated heterocycles. The number of sulfonamides is 1. The molecular weight excluding hydrogens is 290 g/mol. The highest BCUT2D eigenvalue weighted by Gasteiger charge is 2.33. The van der Waals surface area contributed by atoms with Crippen LogP contribution in [-0.2, 0) is 23.1 Å². The number of hydrogen-bond donors (Lipinski definition) is 1. The lowest BCUT2D eigenvalue weighted by atomic mass is 10.1. The molecule has 1 fully saturated rings. The molecule has 7 heteroatoms. The van der Waals surface area contributed by atoms with Gasteiger partial charge < -0.3 is 5.11 Å². The van der Waals surface area contributed by atoms with Crippen LogP contribution in [0.5, 0.6) is 0 Å². The molecule has 0 aromatic carbocycles. The van der Waals surface area contributed by atoms with Gasteiger partial charge in [0.1, 0.15) is 6.10 Å². The summed E-state index contributed by atoms with van der Waals surface area (Å²) in [4.78, 5) is 0. The summed E-state index contributed by atoms with van der Waals surface area (Å²) in [6, 6.07) is 1.88. The fourth-order valence-corrected chi connectivity index (χ4v) is 4.39. The lowest BCUT2D eigenvalue weighted by Crippen LogP contribution is -2.32. The third-order valence-electron chi connectivity index (χ3n) is 4.23. The van der Waals surface area contributed by atoms with Gasteiger partial charge in [-0.25, -0.2) is 8.42 Å². The van der Waals surface area contributed by atoms with Crippen LogP contribution < -0.4 is 0 Å². The van der Waals surface area contributed by atoms with Crippen LogP contribution in [0.25, 0.3) is 0 Å². The van der Waals surface area contributed by atoms with E-state index >= 15 is 0 Å². The Balaban J connectivity index is 1.81. The van der Waals surface area contributed by atoms with Gasteiger partial charge in [-0.2, -0.15) is 9.40 Å². The van der Waals surface area contributed by atoms with E-state index in [1.54, 1.807) is 4.31 Å². The molecule has 0 amide bonds. The summed E-state index contributed by atoms with van der Waals surface area (Å²) in [5.41, 5.74) is 1.59. The fraction of sp³-hybridized carbons (Fsp3) is 0.786. The summed E-state index contributed by atoms with van der Waals surface area (Å²) < 4.78 is 27.9. The number of aromatic nitrogens is 2. The van der Waals surface area contributed by atoms with Gasteiger partial charge in [-0.3, -0.25) is 4.68 Å². The number of fused-ring (bicyclic) bond motifs is 1. The Hall–Kier alpha value is -0.920. The quantitative estimate of drug-likeness (QED) is 0.888. The van der Waals surface area contributed by atoms with E-state index in [1.165, 1.54) is 0 Å². The lowest BCUT2D eigenvalue weighted by Gasteiger charge is -2.19. The van der Waals surface area contributed by atoms with Crippen LogP contribution in [0.3, 0.4) is 0 Å². The summed E-state index contributed by atoms with van der Waals surface area (Å²) >= 11 is 0. The number of aryl methyl sites for hydroxylation is 1. The summed E-state index contributed by atoms with van der Waals surface area (Å²) in [5, 5.41) is 14.7. The van der Waals surface area contributed by atoms with Gasteiger partial charge in [0.2, 0.25) is 10.0 Å². The SMILES string of the molecule is CCCS(=O)(=O)N1CCCn2nc(C(O)C3CC3)cc2C1. The van der Waals surface area contributed by atoms with Crippen LogP contribution in [0.1, 0.15) is 50.1 Å². The normalized spacial score (nSPS) is 21.8. The lowest BCUT2D eigenvalue weighted by molar-refractivity contribution is 0.148. The van der Waals surface area contributed by atoms with Gasteiger partial charge in [0, 0.05) is 13.1 Å². The highest BCUT2D eigenvalue weighted by atomic mass is 32.2. The Morgan fingerprint density at radius 2 is 2.19 bits per heavy atom. The van der Waals surface area contributed by atoms with Gasteiger partial charge >= 0.3 is 0 Å². The van der Waals surface area contributed by atoms with Crippen molar-refractivity contribution in [1.29, 1.82) is 0 Å². The molecule has 1 aromatic heterocycles. The summed E-state index contributed by atoms with van der Waals surface area (Å²) in [6.07, 6.45) is 3.01. The van der Waals surface area contributed by atoms with Crippen LogP contribution in [0.4, 0.5) is 0 Å². The Kier molecular flexibility index (Phi) is 4.07. The molecule has 2 aliphatic rings. The molecule has 118 valence electrons. The monoisotopic (exact) mass is 313 g/mol. The molecule has 1 aliphatic heterocycles. The zero-order chi connectivity index (χ0) is 15.0. The molecule has 3 rings (SSSR count). The molecule has 0 spiro atoms. The standard InChI is InChI=1S/C14H23N3O3S/c1-2-8-21(19,20)16-6-3-7-17-12(10-16)9-13(15-17)14(18)11-4-5-11/h9,11,14,18H,2-8,10H2,1H3. The van der Waals surface area contributed by atoms with Crippen molar-refractivity contribution < 1.29 is 13.5 Å². The van der Waals surface area contributed by atoms with Gasteiger partial charge in [0.15, 0.2) is 0 Å². The van der Waals surface area contributed by atoms with Crippen molar-refractivity contribution >= 4 is 10.0 Å².